The molecule has 0 amide bonds. The number of ether oxygens (including phenoxy) is 1. The number of hydrogen-bond acceptors (Lipinski definition) is 6. The summed E-state index contributed by atoms with van der Waals surface area (Å²) >= 11 is 0. The Bertz CT molecular complexity index is 579. The van der Waals surface area contributed by atoms with Gasteiger partial charge >= 0.3 is 5.97 Å². The summed E-state index contributed by atoms with van der Waals surface area (Å²) in [4.78, 5) is 19.6. The molecule has 0 aromatic carbocycles. The Kier molecular flexibility index (Phi) is 3.22. The average Bonchev–Trinajstić information content (AvgIpc) is 2.71. The molecule has 0 atom stereocenters. The van der Waals surface area contributed by atoms with E-state index in [2.05, 4.69) is 15.1 Å². The van der Waals surface area contributed by atoms with Crippen molar-refractivity contribution in [3.63, 3.8) is 0 Å². The number of rotatable bonds is 3. The minimum atomic E-state index is -0.493. The molecule has 0 aliphatic rings. The molecule has 7 nitrogen and oxygen atoms in total. The Labute approximate surface area is 104 Å². The number of aromatic nitrogens is 4. The summed E-state index contributed by atoms with van der Waals surface area (Å²) in [5.74, 6) is 0.217. The van der Waals surface area contributed by atoms with Crippen LogP contribution in [0.3, 0.4) is 0 Å². The predicted octanol–water partition coefficient (Wildman–Crippen LogP) is 0.730. The zero-order valence-electron chi connectivity index (χ0n) is 10.1. The lowest BCUT2D eigenvalue weighted by molar-refractivity contribution is 0.0527. The van der Waals surface area contributed by atoms with Gasteiger partial charge in [0.1, 0.15) is 17.7 Å². The first-order valence-corrected chi connectivity index (χ1v) is 5.43. The predicted molar refractivity (Wildman–Crippen MR) is 64.3 cm³/mol. The molecule has 0 saturated heterocycles. The molecule has 0 fully saturated rings. The van der Waals surface area contributed by atoms with Crippen molar-refractivity contribution in [2.24, 2.45) is 0 Å². The topological polar surface area (TPSA) is 95.9 Å². The van der Waals surface area contributed by atoms with Crippen LogP contribution < -0.4 is 5.73 Å². The number of nitrogens with zero attached hydrogens (tertiary/aromatic N) is 4. The van der Waals surface area contributed by atoms with Gasteiger partial charge in [0.15, 0.2) is 5.82 Å². The van der Waals surface area contributed by atoms with Crippen molar-refractivity contribution in [1.29, 1.82) is 0 Å². The van der Waals surface area contributed by atoms with Gasteiger partial charge in [-0.05, 0) is 13.8 Å². The van der Waals surface area contributed by atoms with E-state index in [4.69, 9.17) is 10.5 Å². The molecule has 0 spiro atoms. The number of hydrogen-bond donors (Lipinski definition) is 1. The van der Waals surface area contributed by atoms with Gasteiger partial charge in [0.25, 0.3) is 0 Å². The van der Waals surface area contributed by atoms with Gasteiger partial charge in [0.05, 0.1) is 12.8 Å². The molecule has 2 aromatic heterocycles. The molecule has 2 rings (SSSR count). The minimum absolute atomic E-state index is 0.201. The molecule has 0 radical (unpaired) electrons. The zero-order valence-corrected chi connectivity index (χ0v) is 10.1. The zero-order chi connectivity index (χ0) is 13.1. The second kappa shape index (κ2) is 4.82. The van der Waals surface area contributed by atoms with Crippen molar-refractivity contribution in [2.75, 3.05) is 12.3 Å². The number of anilines is 1. The summed E-state index contributed by atoms with van der Waals surface area (Å²) in [5.41, 5.74) is 6.87. The van der Waals surface area contributed by atoms with E-state index in [1.54, 1.807) is 13.0 Å². The van der Waals surface area contributed by atoms with Crippen molar-refractivity contribution in [1.82, 2.24) is 19.7 Å². The number of esters is 1. The van der Waals surface area contributed by atoms with Crippen LogP contribution in [0.25, 0.3) is 5.82 Å². The molecular weight excluding hydrogens is 234 g/mol. The lowest BCUT2D eigenvalue weighted by atomic mass is 10.3. The maximum absolute atomic E-state index is 11.6. The normalized spacial score (nSPS) is 10.3. The number of nitrogen functional groups attached to an aromatic ring is 1. The van der Waals surface area contributed by atoms with Crippen LogP contribution in [0.2, 0.25) is 0 Å². The monoisotopic (exact) mass is 247 g/mol. The highest BCUT2D eigenvalue weighted by Gasteiger charge is 2.17. The fraction of sp³-hybridized carbons (Fsp3) is 0.273. The quantitative estimate of drug-likeness (QED) is 0.803. The van der Waals surface area contributed by atoms with Crippen molar-refractivity contribution in [2.45, 2.75) is 13.8 Å². The van der Waals surface area contributed by atoms with Crippen LogP contribution in [0.15, 0.2) is 18.6 Å². The van der Waals surface area contributed by atoms with Crippen LogP contribution in [0, 0.1) is 6.92 Å². The highest BCUT2D eigenvalue weighted by atomic mass is 16.5. The smallest absolute Gasteiger partial charge is 0.343 e. The van der Waals surface area contributed by atoms with Crippen molar-refractivity contribution < 1.29 is 9.53 Å². The van der Waals surface area contributed by atoms with E-state index in [-0.39, 0.29) is 18.0 Å². The minimum Gasteiger partial charge on any atom is -0.462 e. The van der Waals surface area contributed by atoms with Crippen molar-refractivity contribution >= 4 is 11.8 Å². The Hall–Kier alpha value is -2.44. The summed E-state index contributed by atoms with van der Waals surface area (Å²) in [5, 5.41) is 4.03. The summed E-state index contributed by atoms with van der Waals surface area (Å²) in [6.45, 7) is 3.85. The van der Waals surface area contributed by atoms with Gasteiger partial charge in [0.2, 0.25) is 0 Å². The third-order valence-corrected chi connectivity index (χ3v) is 2.31. The number of carbonyl (C=O) groups excluding carboxylic acids is 1. The maximum Gasteiger partial charge on any atom is 0.343 e. The third kappa shape index (κ3) is 2.15. The van der Waals surface area contributed by atoms with Crippen molar-refractivity contribution in [3.05, 3.63) is 29.8 Å². The highest BCUT2D eigenvalue weighted by molar-refractivity contribution is 5.94. The average molecular weight is 247 g/mol. The van der Waals surface area contributed by atoms with E-state index in [1.807, 2.05) is 6.92 Å². The number of aryl methyl sites for hydroxylation is 1. The van der Waals surface area contributed by atoms with Gasteiger partial charge < -0.3 is 10.5 Å². The van der Waals surface area contributed by atoms with E-state index in [1.165, 1.54) is 17.2 Å². The van der Waals surface area contributed by atoms with Gasteiger partial charge in [-0.15, -0.1) is 0 Å². The van der Waals surface area contributed by atoms with Gasteiger partial charge in [-0.25, -0.2) is 14.8 Å². The number of carbonyl (C=O) groups is 1. The summed E-state index contributed by atoms with van der Waals surface area (Å²) in [6, 6.07) is 1.72. The first-order valence-electron chi connectivity index (χ1n) is 5.43. The lowest BCUT2D eigenvalue weighted by Gasteiger charge is -2.04. The molecule has 0 aliphatic carbocycles. The molecule has 0 unspecified atom stereocenters. The standard InChI is InChI=1S/C11H13N5O2/c1-3-18-11(17)8-5-15-16(10(8)12)9-4-7(2)13-6-14-9/h4-6H,3,12H2,1-2H3. The SMILES string of the molecule is CCOC(=O)c1cnn(-c2cc(C)ncn2)c1N. The molecule has 0 aliphatic heterocycles. The molecule has 18 heavy (non-hydrogen) atoms. The molecule has 2 aromatic rings. The highest BCUT2D eigenvalue weighted by Crippen LogP contribution is 2.16. The van der Waals surface area contributed by atoms with Crippen LogP contribution in [0.1, 0.15) is 23.0 Å². The van der Waals surface area contributed by atoms with E-state index >= 15 is 0 Å². The third-order valence-electron chi connectivity index (χ3n) is 2.31. The van der Waals surface area contributed by atoms with E-state index in [9.17, 15) is 4.79 Å². The van der Waals surface area contributed by atoms with Gasteiger partial charge in [0, 0.05) is 11.8 Å². The Morgan fingerprint density at radius 1 is 1.50 bits per heavy atom. The van der Waals surface area contributed by atoms with Crippen LogP contribution in [-0.4, -0.2) is 32.3 Å². The second-order valence-corrected chi connectivity index (χ2v) is 3.59. The Morgan fingerprint density at radius 2 is 2.28 bits per heavy atom. The van der Waals surface area contributed by atoms with E-state index in [0.29, 0.717) is 5.82 Å². The molecule has 2 N–H and O–H groups in total. The fourth-order valence-corrected chi connectivity index (χ4v) is 1.46. The fourth-order valence-electron chi connectivity index (χ4n) is 1.46. The largest absolute Gasteiger partial charge is 0.462 e. The molecule has 0 bridgehead atoms. The number of nitrogens with two attached hydrogens (primary N) is 1. The molecule has 94 valence electrons. The van der Waals surface area contributed by atoms with Crippen LogP contribution in [-0.2, 0) is 4.74 Å². The van der Waals surface area contributed by atoms with Crippen LogP contribution in [0.4, 0.5) is 5.82 Å². The first kappa shape index (κ1) is 12.0. The molecular formula is C11H13N5O2. The Balaban J connectivity index is 2.39. The van der Waals surface area contributed by atoms with Crippen LogP contribution in [0.5, 0.6) is 0 Å². The Morgan fingerprint density at radius 3 is 2.94 bits per heavy atom. The summed E-state index contributed by atoms with van der Waals surface area (Å²) in [6.07, 6.45) is 2.78. The first-order chi connectivity index (χ1) is 8.63. The van der Waals surface area contributed by atoms with Crippen LogP contribution >= 0.6 is 0 Å². The van der Waals surface area contributed by atoms with E-state index in [0.717, 1.165) is 5.69 Å². The van der Waals surface area contributed by atoms with Gasteiger partial charge in [-0.1, -0.05) is 0 Å². The molecule has 2 heterocycles. The van der Waals surface area contributed by atoms with Gasteiger partial charge in [-0.3, -0.25) is 0 Å². The van der Waals surface area contributed by atoms with Gasteiger partial charge in [-0.2, -0.15) is 9.78 Å². The summed E-state index contributed by atoms with van der Waals surface area (Å²) < 4.78 is 6.25. The molecule has 0 saturated carbocycles. The maximum atomic E-state index is 11.6. The molecule has 7 heteroatoms. The summed E-state index contributed by atoms with van der Waals surface area (Å²) in [7, 11) is 0. The van der Waals surface area contributed by atoms with Crippen molar-refractivity contribution in [3.8, 4) is 5.82 Å². The lowest BCUT2D eigenvalue weighted by Crippen LogP contribution is -2.09. The van der Waals surface area contributed by atoms with E-state index < -0.39 is 5.97 Å². The second-order valence-electron chi connectivity index (χ2n) is 3.59.